The van der Waals surface area contributed by atoms with Crippen LogP contribution in [0.25, 0.3) is 0 Å². The third-order valence-electron chi connectivity index (χ3n) is 7.18. The molecule has 1 atom stereocenters. The Morgan fingerprint density at radius 2 is 1.57 bits per heavy atom. The average molecular weight is 666 g/mol. The molecule has 0 spiro atoms. The van der Waals surface area contributed by atoms with E-state index in [1.54, 1.807) is 24.3 Å². The Morgan fingerprint density at radius 1 is 0.891 bits per heavy atom. The monoisotopic (exact) mass is 665 g/mol. The number of benzene rings is 4. The average Bonchev–Trinajstić information content (AvgIpc) is 3.05. The lowest BCUT2D eigenvalue weighted by molar-refractivity contribution is -0.140. The quantitative estimate of drug-likeness (QED) is 0.162. The molecule has 0 aliphatic rings. The van der Waals surface area contributed by atoms with E-state index in [9.17, 15) is 22.4 Å². The van der Waals surface area contributed by atoms with E-state index >= 15 is 0 Å². The number of halogens is 2. The Bertz CT molecular complexity index is 1700. The van der Waals surface area contributed by atoms with Crippen LogP contribution in [0.5, 0.6) is 5.75 Å². The summed E-state index contributed by atoms with van der Waals surface area (Å²) in [6, 6.07) is 25.9. The van der Waals surface area contributed by atoms with E-state index in [1.165, 1.54) is 41.3 Å². The van der Waals surface area contributed by atoms with Crippen LogP contribution in [-0.4, -0.2) is 50.9 Å². The molecule has 0 saturated heterocycles. The van der Waals surface area contributed by atoms with Gasteiger partial charge in [0, 0.05) is 24.5 Å². The Hall–Kier alpha value is -4.41. The maximum Gasteiger partial charge on any atom is 0.264 e. The molecule has 0 radical (unpaired) electrons. The van der Waals surface area contributed by atoms with Crippen molar-refractivity contribution < 1.29 is 27.1 Å². The highest BCUT2D eigenvalue weighted by Gasteiger charge is 2.34. The largest absolute Gasteiger partial charge is 0.494 e. The van der Waals surface area contributed by atoms with Gasteiger partial charge in [0.25, 0.3) is 10.0 Å². The number of hydrogen-bond donors (Lipinski definition) is 1. The third-order valence-corrected chi connectivity index (χ3v) is 9.20. The van der Waals surface area contributed by atoms with Crippen molar-refractivity contribution in [1.82, 2.24) is 10.2 Å². The molecule has 0 aliphatic heterocycles. The highest BCUT2D eigenvalue weighted by Crippen LogP contribution is 2.27. The number of nitrogens with zero attached hydrogens (tertiary/aromatic N) is 2. The SMILES string of the molecule is CCCNC(=O)C(Cc1ccccc1)N(Cc1cccc(Cl)c1)C(=O)CN(c1ccc(F)cc1)S(=O)(=O)c1ccc(OCC)cc1. The fourth-order valence-corrected chi connectivity index (χ4v) is 6.52. The highest BCUT2D eigenvalue weighted by atomic mass is 35.5. The van der Waals surface area contributed by atoms with Gasteiger partial charge in [-0.25, -0.2) is 12.8 Å². The number of sulfonamides is 1. The summed E-state index contributed by atoms with van der Waals surface area (Å²) in [5.41, 5.74) is 1.56. The Balaban J connectivity index is 1.78. The first-order valence-corrected chi connectivity index (χ1v) is 16.8. The van der Waals surface area contributed by atoms with Crippen LogP contribution in [-0.2, 0) is 32.6 Å². The van der Waals surface area contributed by atoms with Crippen LogP contribution in [0.15, 0.2) is 108 Å². The van der Waals surface area contributed by atoms with Gasteiger partial charge in [-0.3, -0.25) is 13.9 Å². The summed E-state index contributed by atoms with van der Waals surface area (Å²) in [6.45, 7) is 3.87. The molecule has 0 heterocycles. The van der Waals surface area contributed by atoms with Crippen LogP contribution in [0.2, 0.25) is 5.02 Å². The molecular formula is C35H37ClFN3O5S. The number of hydrogen-bond acceptors (Lipinski definition) is 5. The van der Waals surface area contributed by atoms with E-state index in [4.69, 9.17) is 16.3 Å². The summed E-state index contributed by atoms with van der Waals surface area (Å²) in [4.78, 5) is 29.4. The van der Waals surface area contributed by atoms with Gasteiger partial charge in [-0.1, -0.05) is 61.0 Å². The lowest BCUT2D eigenvalue weighted by Gasteiger charge is -2.34. The Labute approximate surface area is 274 Å². The van der Waals surface area contributed by atoms with Crippen molar-refractivity contribution in [2.75, 3.05) is 24.0 Å². The van der Waals surface area contributed by atoms with Crippen LogP contribution in [0.1, 0.15) is 31.4 Å². The van der Waals surface area contributed by atoms with Crippen molar-refractivity contribution >= 4 is 39.1 Å². The fourth-order valence-electron chi connectivity index (χ4n) is 4.89. The van der Waals surface area contributed by atoms with Gasteiger partial charge < -0.3 is 15.0 Å². The molecule has 0 saturated carbocycles. The molecule has 46 heavy (non-hydrogen) atoms. The van der Waals surface area contributed by atoms with Gasteiger partial charge in [0.2, 0.25) is 11.8 Å². The standard InChI is InChI=1S/C35H37ClFN3O5S/c1-3-21-38-35(42)33(23-26-9-6-5-7-10-26)39(24-27-11-8-12-28(36)22-27)34(41)25-40(30-15-13-29(37)14-16-30)46(43,44)32-19-17-31(18-20-32)45-4-2/h5-20,22,33H,3-4,21,23-25H2,1-2H3,(H,38,42). The van der Waals surface area contributed by atoms with E-state index in [0.717, 1.165) is 22.0 Å². The topological polar surface area (TPSA) is 96.0 Å². The van der Waals surface area contributed by atoms with Crippen LogP contribution < -0.4 is 14.4 Å². The van der Waals surface area contributed by atoms with Gasteiger partial charge in [0.05, 0.1) is 17.2 Å². The van der Waals surface area contributed by atoms with Gasteiger partial charge in [0.15, 0.2) is 0 Å². The molecule has 11 heteroatoms. The zero-order valence-electron chi connectivity index (χ0n) is 25.7. The first kappa shape index (κ1) is 34.5. The summed E-state index contributed by atoms with van der Waals surface area (Å²) >= 11 is 6.27. The van der Waals surface area contributed by atoms with Gasteiger partial charge in [-0.2, -0.15) is 0 Å². The number of amides is 2. The number of nitrogens with one attached hydrogen (secondary N) is 1. The first-order valence-electron chi connectivity index (χ1n) is 15.0. The lowest BCUT2D eigenvalue weighted by atomic mass is 10.0. The maximum absolute atomic E-state index is 14.4. The maximum atomic E-state index is 14.4. The molecule has 242 valence electrons. The normalized spacial score (nSPS) is 11.8. The van der Waals surface area contributed by atoms with Crippen LogP contribution in [0.3, 0.4) is 0 Å². The number of ether oxygens (including phenoxy) is 1. The number of carbonyl (C=O) groups is 2. The highest BCUT2D eigenvalue weighted by molar-refractivity contribution is 7.92. The van der Waals surface area contributed by atoms with Gasteiger partial charge >= 0.3 is 0 Å². The fraction of sp³-hybridized carbons (Fsp3) is 0.257. The first-order chi connectivity index (χ1) is 22.1. The zero-order valence-corrected chi connectivity index (χ0v) is 27.3. The van der Waals surface area contributed by atoms with Crippen molar-refractivity contribution in [1.29, 1.82) is 0 Å². The van der Waals surface area contributed by atoms with Crippen LogP contribution >= 0.6 is 11.6 Å². The number of rotatable bonds is 15. The molecule has 1 unspecified atom stereocenters. The molecular weight excluding hydrogens is 629 g/mol. The predicted octanol–water partition coefficient (Wildman–Crippen LogP) is 6.24. The smallest absolute Gasteiger partial charge is 0.264 e. The second-order valence-corrected chi connectivity index (χ2v) is 12.8. The van der Waals surface area contributed by atoms with Crippen molar-refractivity contribution in [2.45, 2.75) is 44.2 Å². The molecule has 0 aliphatic carbocycles. The van der Waals surface area contributed by atoms with Crippen LogP contribution in [0.4, 0.5) is 10.1 Å². The van der Waals surface area contributed by atoms with E-state index in [1.807, 2.05) is 44.2 Å². The minimum atomic E-state index is -4.34. The zero-order chi connectivity index (χ0) is 33.1. The summed E-state index contributed by atoms with van der Waals surface area (Å²) in [5.74, 6) is -1.08. The van der Waals surface area contributed by atoms with Crippen molar-refractivity contribution in [3.8, 4) is 5.75 Å². The molecule has 4 rings (SSSR count). The van der Waals surface area contributed by atoms with E-state index in [-0.39, 0.29) is 29.5 Å². The molecule has 0 bridgehead atoms. The van der Waals surface area contributed by atoms with Crippen molar-refractivity contribution in [2.24, 2.45) is 0 Å². The molecule has 8 nitrogen and oxygen atoms in total. The second-order valence-electron chi connectivity index (χ2n) is 10.5. The molecule has 4 aromatic rings. The van der Waals surface area contributed by atoms with Crippen LogP contribution in [0, 0.1) is 5.82 Å². The third kappa shape index (κ3) is 9.08. The number of anilines is 1. The molecule has 1 N–H and O–H groups in total. The van der Waals surface area contributed by atoms with E-state index in [2.05, 4.69) is 5.32 Å². The lowest BCUT2D eigenvalue weighted by Crippen LogP contribution is -2.53. The molecule has 4 aromatic carbocycles. The minimum absolute atomic E-state index is 0.0171. The molecule has 0 fully saturated rings. The van der Waals surface area contributed by atoms with Gasteiger partial charge in [-0.05, 0) is 85.1 Å². The summed E-state index contributed by atoms with van der Waals surface area (Å²) in [5, 5.41) is 3.35. The minimum Gasteiger partial charge on any atom is -0.494 e. The Kier molecular flexibility index (Phi) is 12.2. The molecule has 0 aromatic heterocycles. The Morgan fingerprint density at radius 3 is 2.20 bits per heavy atom. The number of carbonyl (C=O) groups excluding carboxylic acids is 2. The van der Waals surface area contributed by atoms with E-state index < -0.39 is 34.3 Å². The van der Waals surface area contributed by atoms with Crippen molar-refractivity contribution in [3.63, 3.8) is 0 Å². The van der Waals surface area contributed by atoms with Gasteiger partial charge in [0.1, 0.15) is 24.2 Å². The summed E-state index contributed by atoms with van der Waals surface area (Å²) < 4.78 is 48.5. The van der Waals surface area contributed by atoms with Gasteiger partial charge in [-0.15, -0.1) is 0 Å². The molecule has 2 amide bonds. The predicted molar refractivity (Wildman–Crippen MR) is 178 cm³/mol. The van der Waals surface area contributed by atoms with E-state index in [0.29, 0.717) is 35.9 Å². The van der Waals surface area contributed by atoms with Crippen molar-refractivity contribution in [3.05, 3.63) is 125 Å². The summed E-state index contributed by atoms with van der Waals surface area (Å²) in [7, 11) is -4.34. The second kappa shape index (κ2) is 16.2. The summed E-state index contributed by atoms with van der Waals surface area (Å²) in [6.07, 6.45) is 0.871.